The number of rotatable bonds is 8. The highest BCUT2D eigenvalue weighted by Gasteiger charge is 2.25. The van der Waals surface area contributed by atoms with Gasteiger partial charge in [0.15, 0.2) is 12.3 Å². The van der Waals surface area contributed by atoms with Crippen LogP contribution < -0.4 is 16.2 Å². The van der Waals surface area contributed by atoms with Crippen molar-refractivity contribution in [2.45, 2.75) is 39.3 Å². The Morgan fingerprint density at radius 2 is 1.74 bits per heavy atom. The van der Waals surface area contributed by atoms with Crippen LogP contribution in [-0.2, 0) is 16.1 Å². The number of esters is 1. The lowest BCUT2D eigenvalue weighted by Crippen LogP contribution is -2.29. The molecule has 0 radical (unpaired) electrons. The maximum absolute atomic E-state index is 12.8. The number of amides is 2. The van der Waals surface area contributed by atoms with Gasteiger partial charge in [-0.3, -0.25) is 14.4 Å². The first-order chi connectivity index (χ1) is 16.3. The third-order valence-corrected chi connectivity index (χ3v) is 5.29. The molecule has 9 nitrogen and oxygen atoms in total. The molecule has 0 unspecified atom stereocenters. The van der Waals surface area contributed by atoms with Gasteiger partial charge < -0.3 is 15.4 Å². The van der Waals surface area contributed by atoms with E-state index in [0.29, 0.717) is 28.6 Å². The van der Waals surface area contributed by atoms with Crippen LogP contribution in [0.1, 0.15) is 47.5 Å². The second kappa shape index (κ2) is 9.86. The number of fused-ring (bicyclic) bond motifs is 1. The molecule has 2 aromatic carbocycles. The lowest BCUT2D eigenvalue weighted by atomic mass is 10.1. The van der Waals surface area contributed by atoms with Crippen LogP contribution in [-0.4, -0.2) is 40.2 Å². The van der Waals surface area contributed by atoms with E-state index in [1.807, 2.05) is 13.8 Å². The van der Waals surface area contributed by atoms with Crippen molar-refractivity contribution in [3.05, 3.63) is 70.1 Å². The number of para-hydroxylation sites is 1. The molecular formula is C25H26N4O5. The molecule has 2 amide bonds. The SMILES string of the molecule is CC(C)Cn1nc(C(=O)OCC(=O)Nc2ccccc2C(=O)NC2CC2)c2ccccc2c1=O. The number of anilines is 1. The molecule has 0 atom stereocenters. The first-order valence-electron chi connectivity index (χ1n) is 11.2. The van der Waals surface area contributed by atoms with Crippen LogP contribution in [0.15, 0.2) is 53.3 Å². The second-order valence-corrected chi connectivity index (χ2v) is 8.69. The van der Waals surface area contributed by atoms with Crippen LogP contribution in [0.25, 0.3) is 10.8 Å². The zero-order chi connectivity index (χ0) is 24.2. The Morgan fingerprint density at radius 3 is 2.44 bits per heavy atom. The van der Waals surface area contributed by atoms with Crippen LogP contribution in [0.3, 0.4) is 0 Å². The summed E-state index contributed by atoms with van der Waals surface area (Å²) in [5.41, 5.74) is 0.339. The standard InChI is InChI=1S/C25H26N4O5/c1-15(2)13-29-24(32)18-8-4-3-7-17(18)22(28-29)25(33)34-14-21(30)27-20-10-6-5-9-19(20)23(31)26-16-11-12-16/h3-10,15-16H,11-14H2,1-2H3,(H,26,31)(H,27,30). The summed E-state index contributed by atoms with van der Waals surface area (Å²) in [4.78, 5) is 50.5. The van der Waals surface area contributed by atoms with Gasteiger partial charge in [-0.15, -0.1) is 0 Å². The summed E-state index contributed by atoms with van der Waals surface area (Å²) in [6, 6.07) is 13.5. The van der Waals surface area contributed by atoms with Gasteiger partial charge in [0.05, 0.1) is 16.6 Å². The van der Waals surface area contributed by atoms with Gasteiger partial charge in [-0.1, -0.05) is 44.2 Å². The summed E-state index contributed by atoms with van der Waals surface area (Å²) in [6.45, 7) is 3.64. The van der Waals surface area contributed by atoms with E-state index in [9.17, 15) is 19.2 Å². The van der Waals surface area contributed by atoms with Crippen LogP contribution in [0.4, 0.5) is 5.69 Å². The van der Waals surface area contributed by atoms with Crippen LogP contribution in [0, 0.1) is 5.92 Å². The lowest BCUT2D eigenvalue weighted by Gasteiger charge is -2.13. The molecule has 2 N–H and O–H groups in total. The number of ether oxygens (including phenoxy) is 1. The number of carbonyl (C=O) groups excluding carboxylic acids is 3. The smallest absolute Gasteiger partial charge is 0.359 e. The van der Waals surface area contributed by atoms with Crippen molar-refractivity contribution < 1.29 is 19.1 Å². The normalized spacial score (nSPS) is 13.0. The number of hydrogen-bond donors (Lipinski definition) is 2. The quantitative estimate of drug-likeness (QED) is 0.497. The summed E-state index contributed by atoms with van der Waals surface area (Å²) in [5.74, 6) is -1.54. The van der Waals surface area contributed by atoms with E-state index in [1.54, 1.807) is 48.5 Å². The van der Waals surface area contributed by atoms with E-state index < -0.39 is 18.5 Å². The Labute approximate surface area is 196 Å². The van der Waals surface area contributed by atoms with Crippen molar-refractivity contribution in [2.24, 2.45) is 5.92 Å². The molecule has 9 heteroatoms. The van der Waals surface area contributed by atoms with E-state index in [0.717, 1.165) is 12.8 Å². The van der Waals surface area contributed by atoms with Crippen LogP contribution in [0.5, 0.6) is 0 Å². The van der Waals surface area contributed by atoms with Crippen molar-refractivity contribution in [2.75, 3.05) is 11.9 Å². The number of hydrogen-bond acceptors (Lipinski definition) is 6. The monoisotopic (exact) mass is 462 g/mol. The van der Waals surface area contributed by atoms with E-state index in [2.05, 4.69) is 15.7 Å². The molecule has 1 fully saturated rings. The summed E-state index contributed by atoms with van der Waals surface area (Å²) in [6.07, 6.45) is 1.90. The fourth-order valence-corrected chi connectivity index (χ4v) is 3.52. The molecule has 0 spiro atoms. The highest BCUT2D eigenvalue weighted by Crippen LogP contribution is 2.21. The minimum absolute atomic E-state index is 0.0344. The number of nitrogens with one attached hydrogen (secondary N) is 2. The molecule has 3 aromatic rings. The van der Waals surface area contributed by atoms with E-state index in [-0.39, 0.29) is 29.1 Å². The highest BCUT2D eigenvalue weighted by atomic mass is 16.5. The second-order valence-electron chi connectivity index (χ2n) is 8.69. The Balaban J connectivity index is 1.48. The average molecular weight is 463 g/mol. The van der Waals surface area contributed by atoms with Gasteiger partial charge in [-0.25, -0.2) is 9.48 Å². The number of carbonyl (C=O) groups is 3. The molecule has 34 heavy (non-hydrogen) atoms. The van der Waals surface area contributed by atoms with Gasteiger partial charge in [-0.05, 0) is 37.0 Å². The Hall–Kier alpha value is -4.01. The first kappa shape index (κ1) is 23.2. The average Bonchev–Trinajstić information content (AvgIpc) is 3.63. The maximum Gasteiger partial charge on any atom is 0.359 e. The molecule has 0 bridgehead atoms. The molecular weight excluding hydrogens is 436 g/mol. The summed E-state index contributed by atoms with van der Waals surface area (Å²) in [5, 5.41) is 10.4. The van der Waals surface area contributed by atoms with Crippen molar-refractivity contribution in [3.63, 3.8) is 0 Å². The van der Waals surface area contributed by atoms with Gasteiger partial charge in [0.2, 0.25) is 0 Å². The molecule has 0 saturated heterocycles. The Kier molecular flexibility index (Phi) is 6.72. The molecule has 1 aromatic heterocycles. The summed E-state index contributed by atoms with van der Waals surface area (Å²) < 4.78 is 6.46. The highest BCUT2D eigenvalue weighted by molar-refractivity contribution is 6.05. The Morgan fingerprint density at radius 1 is 1.06 bits per heavy atom. The third-order valence-electron chi connectivity index (χ3n) is 5.29. The third kappa shape index (κ3) is 5.31. The number of nitrogens with zero attached hydrogens (tertiary/aromatic N) is 2. The van der Waals surface area contributed by atoms with Crippen LogP contribution in [0.2, 0.25) is 0 Å². The van der Waals surface area contributed by atoms with Crippen LogP contribution >= 0.6 is 0 Å². The maximum atomic E-state index is 12.8. The number of benzene rings is 2. The van der Waals surface area contributed by atoms with Crippen molar-refractivity contribution in [1.82, 2.24) is 15.1 Å². The molecule has 1 aliphatic rings. The van der Waals surface area contributed by atoms with E-state index in [4.69, 9.17) is 4.74 Å². The minimum atomic E-state index is -0.816. The number of aromatic nitrogens is 2. The van der Waals surface area contributed by atoms with Gasteiger partial charge in [-0.2, -0.15) is 5.10 Å². The molecule has 0 aliphatic heterocycles. The lowest BCUT2D eigenvalue weighted by molar-refractivity contribution is -0.119. The molecule has 4 rings (SSSR count). The first-order valence-corrected chi connectivity index (χ1v) is 11.2. The topological polar surface area (TPSA) is 119 Å². The van der Waals surface area contributed by atoms with Crippen molar-refractivity contribution in [3.8, 4) is 0 Å². The summed E-state index contributed by atoms with van der Waals surface area (Å²) >= 11 is 0. The zero-order valence-electron chi connectivity index (χ0n) is 19.0. The fraction of sp³-hybridized carbons (Fsp3) is 0.320. The predicted octanol–water partition coefficient (Wildman–Crippen LogP) is 2.74. The van der Waals surface area contributed by atoms with E-state index >= 15 is 0 Å². The molecule has 1 heterocycles. The fourth-order valence-electron chi connectivity index (χ4n) is 3.52. The molecule has 176 valence electrons. The van der Waals surface area contributed by atoms with E-state index in [1.165, 1.54) is 4.68 Å². The van der Waals surface area contributed by atoms with Crippen molar-refractivity contribution >= 4 is 34.2 Å². The van der Waals surface area contributed by atoms with Crippen molar-refractivity contribution in [1.29, 1.82) is 0 Å². The largest absolute Gasteiger partial charge is 0.451 e. The molecule has 1 aliphatic carbocycles. The van der Waals surface area contributed by atoms with Gasteiger partial charge in [0, 0.05) is 18.0 Å². The zero-order valence-corrected chi connectivity index (χ0v) is 19.0. The van der Waals surface area contributed by atoms with Gasteiger partial charge in [0.25, 0.3) is 17.4 Å². The predicted molar refractivity (Wildman–Crippen MR) is 127 cm³/mol. The Bertz CT molecular complexity index is 1310. The summed E-state index contributed by atoms with van der Waals surface area (Å²) in [7, 11) is 0. The minimum Gasteiger partial charge on any atom is -0.451 e. The van der Waals surface area contributed by atoms with Gasteiger partial charge in [0.1, 0.15) is 0 Å². The molecule has 1 saturated carbocycles. The van der Waals surface area contributed by atoms with Gasteiger partial charge >= 0.3 is 5.97 Å².